The summed E-state index contributed by atoms with van der Waals surface area (Å²) in [6, 6.07) is 5.56. The van der Waals surface area contributed by atoms with E-state index in [-0.39, 0.29) is 29.4 Å². The number of non-ortho nitro benzene ring substituents is 1. The molecule has 0 aliphatic carbocycles. The SMILES string of the molecule is CCCNCC(=O)Nc1ccc([N+](=O)[O-])cc1C#N. The molecule has 1 amide bonds. The Bertz CT molecular complexity index is 522. The first kappa shape index (κ1) is 14.6. The summed E-state index contributed by atoms with van der Waals surface area (Å²) in [4.78, 5) is 21.5. The number of anilines is 1. The lowest BCUT2D eigenvalue weighted by molar-refractivity contribution is -0.384. The molecular formula is C12H14N4O3. The molecule has 0 atom stereocenters. The van der Waals surface area contributed by atoms with Crippen molar-refractivity contribution in [2.75, 3.05) is 18.4 Å². The Hall–Kier alpha value is -2.46. The fourth-order valence-electron chi connectivity index (χ4n) is 1.42. The monoisotopic (exact) mass is 262 g/mol. The average Bonchev–Trinajstić information content (AvgIpc) is 2.39. The molecule has 0 spiro atoms. The molecule has 0 saturated heterocycles. The molecule has 2 N–H and O–H groups in total. The normalized spacial score (nSPS) is 9.68. The number of carbonyl (C=O) groups is 1. The second-order valence-electron chi connectivity index (χ2n) is 3.82. The maximum atomic E-state index is 11.6. The lowest BCUT2D eigenvalue weighted by atomic mass is 10.1. The standard InChI is InChI=1S/C12H14N4O3/c1-2-5-14-8-12(17)15-11-4-3-10(16(18)19)6-9(11)7-13/h3-4,6,14H,2,5,8H2,1H3,(H,15,17). The molecule has 0 aromatic heterocycles. The van der Waals surface area contributed by atoms with Crippen LogP contribution < -0.4 is 10.6 Å². The number of nitrogens with zero attached hydrogens (tertiary/aromatic N) is 2. The van der Waals surface area contributed by atoms with Gasteiger partial charge in [-0.1, -0.05) is 6.92 Å². The van der Waals surface area contributed by atoms with Crippen LogP contribution in [0, 0.1) is 21.4 Å². The van der Waals surface area contributed by atoms with Gasteiger partial charge in [0.15, 0.2) is 0 Å². The zero-order chi connectivity index (χ0) is 14.3. The van der Waals surface area contributed by atoms with Gasteiger partial charge < -0.3 is 10.6 Å². The number of hydrogen-bond donors (Lipinski definition) is 2. The number of nitro groups is 1. The minimum Gasteiger partial charge on any atom is -0.324 e. The fourth-order valence-corrected chi connectivity index (χ4v) is 1.42. The Balaban J connectivity index is 2.76. The average molecular weight is 262 g/mol. The predicted octanol–water partition coefficient (Wildman–Crippen LogP) is 1.40. The van der Waals surface area contributed by atoms with Gasteiger partial charge >= 0.3 is 0 Å². The first-order valence-corrected chi connectivity index (χ1v) is 5.77. The van der Waals surface area contributed by atoms with Crippen molar-refractivity contribution in [2.24, 2.45) is 0 Å². The number of nitriles is 1. The van der Waals surface area contributed by atoms with E-state index in [2.05, 4.69) is 10.6 Å². The van der Waals surface area contributed by atoms with Crippen molar-refractivity contribution in [3.05, 3.63) is 33.9 Å². The van der Waals surface area contributed by atoms with E-state index in [1.807, 2.05) is 13.0 Å². The van der Waals surface area contributed by atoms with E-state index in [4.69, 9.17) is 5.26 Å². The number of carbonyl (C=O) groups excluding carboxylic acids is 1. The van der Waals surface area contributed by atoms with E-state index in [1.165, 1.54) is 12.1 Å². The van der Waals surface area contributed by atoms with Gasteiger partial charge in [-0.05, 0) is 19.0 Å². The molecule has 19 heavy (non-hydrogen) atoms. The molecule has 0 unspecified atom stereocenters. The van der Waals surface area contributed by atoms with Crippen molar-refractivity contribution < 1.29 is 9.72 Å². The smallest absolute Gasteiger partial charge is 0.270 e. The van der Waals surface area contributed by atoms with Gasteiger partial charge in [0, 0.05) is 12.1 Å². The highest BCUT2D eigenvalue weighted by atomic mass is 16.6. The highest BCUT2D eigenvalue weighted by molar-refractivity contribution is 5.93. The Morgan fingerprint density at radius 3 is 2.84 bits per heavy atom. The van der Waals surface area contributed by atoms with E-state index < -0.39 is 4.92 Å². The van der Waals surface area contributed by atoms with Crippen LogP contribution in [0.15, 0.2) is 18.2 Å². The largest absolute Gasteiger partial charge is 0.324 e. The first-order chi connectivity index (χ1) is 9.08. The number of rotatable bonds is 6. The van der Waals surface area contributed by atoms with E-state index >= 15 is 0 Å². The van der Waals surface area contributed by atoms with Crippen LogP contribution in [0.4, 0.5) is 11.4 Å². The maximum absolute atomic E-state index is 11.6. The second kappa shape index (κ2) is 7.08. The molecule has 0 fully saturated rings. The zero-order valence-corrected chi connectivity index (χ0v) is 10.5. The van der Waals surface area contributed by atoms with Crippen molar-refractivity contribution in [2.45, 2.75) is 13.3 Å². The van der Waals surface area contributed by atoms with Gasteiger partial charge in [0.2, 0.25) is 5.91 Å². The quantitative estimate of drug-likeness (QED) is 0.457. The third kappa shape index (κ3) is 4.37. The van der Waals surface area contributed by atoms with E-state index in [0.717, 1.165) is 19.0 Å². The van der Waals surface area contributed by atoms with Gasteiger partial charge in [-0.2, -0.15) is 5.26 Å². The van der Waals surface area contributed by atoms with Crippen molar-refractivity contribution >= 4 is 17.3 Å². The molecule has 1 aromatic rings. The highest BCUT2D eigenvalue weighted by Crippen LogP contribution is 2.21. The summed E-state index contributed by atoms with van der Waals surface area (Å²) in [5.41, 5.74) is 0.160. The summed E-state index contributed by atoms with van der Waals surface area (Å²) in [7, 11) is 0. The van der Waals surface area contributed by atoms with Crippen LogP contribution in [-0.4, -0.2) is 23.9 Å². The lowest BCUT2D eigenvalue weighted by Crippen LogP contribution is -2.28. The second-order valence-corrected chi connectivity index (χ2v) is 3.82. The summed E-state index contributed by atoms with van der Waals surface area (Å²) in [5, 5.41) is 24.9. The van der Waals surface area contributed by atoms with Crippen molar-refractivity contribution in [3.63, 3.8) is 0 Å². The third-order valence-corrected chi connectivity index (χ3v) is 2.32. The zero-order valence-electron chi connectivity index (χ0n) is 10.5. The lowest BCUT2D eigenvalue weighted by Gasteiger charge is -2.07. The van der Waals surface area contributed by atoms with Crippen molar-refractivity contribution in [3.8, 4) is 6.07 Å². The van der Waals surface area contributed by atoms with Gasteiger partial charge in [-0.25, -0.2) is 0 Å². The van der Waals surface area contributed by atoms with Crippen molar-refractivity contribution in [1.82, 2.24) is 5.32 Å². The molecule has 1 aromatic carbocycles. The first-order valence-electron chi connectivity index (χ1n) is 5.77. The Labute approximate surface area is 110 Å². The molecule has 0 heterocycles. The molecule has 0 aliphatic heterocycles. The third-order valence-electron chi connectivity index (χ3n) is 2.32. The molecule has 0 saturated carbocycles. The number of nitrogens with one attached hydrogen (secondary N) is 2. The number of nitro benzene ring substituents is 1. The molecule has 1 rings (SSSR count). The van der Waals surface area contributed by atoms with Crippen LogP contribution >= 0.6 is 0 Å². The van der Waals surface area contributed by atoms with Crippen molar-refractivity contribution in [1.29, 1.82) is 5.26 Å². The summed E-state index contributed by atoms with van der Waals surface area (Å²) >= 11 is 0. The van der Waals surface area contributed by atoms with Gasteiger partial charge in [0.25, 0.3) is 5.69 Å². The predicted molar refractivity (Wildman–Crippen MR) is 69.6 cm³/mol. The van der Waals surface area contributed by atoms with Gasteiger partial charge in [0.1, 0.15) is 6.07 Å². The van der Waals surface area contributed by atoms with Crippen LogP contribution in [0.25, 0.3) is 0 Å². The summed E-state index contributed by atoms with van der Waals surface area (Å²) in [6.45, 7) is 2.84. The summed E-state index contributed by atoms with van der Waals surface area (Å²) < 4.78 is 0. The van der Waals surface area contributed by atoms with E-state index in [9.17, 15) is 14.9 Å². The fraction of sp³-hybridized carbons (Fsp3) is 0.333. The molecule has 0 radical (unpaired) electrons. The highest BCUT2D eigenvalue weighted by Gasteiger charge is 2.12. The Morgan fingerprint density at radius 2 is 2.26 bits per heavy atom. The maximum Gasteiger partial charge on any atom is 0.270 e. The van der Waals surface area contributed by atoms with Gasteiger partial charge in [-0.15, -0.1) is 0 Å². The summed E-state index contributed by atoms with van der Waals surface area (Å²) in [5.74, 6) is -0.293. The van der Waals surface area contributed by atoms with Crippen LogP contribution in [0.3, 0.4) is 0 Å². The Morgan fingerprint density at radius 1 is 1.53 bits per heavy atom. The van der Waals surface area contributed by atoms with E-state index in [0.29, 0.717) is 0 Å². The molecule has 7 nitrogen and oxygen atoms in total. The molecule has 0 aliphatic rings. The Kier molecular flexibility index (Phi) is 5.44. The summed E-state index contributed by atoms with van der Waals surface area (Å²) in [6.07, 6.45) is 0.911. The van der Waals surface area contributed by atoms with Gasteiger partial charge in [0.05, 0.1) is 22.7 Å². The van der Waals surface area contributed by atoms with Crippen LogP contribution in [0.2, 0.25) is 0 Å². The van der Waals surface area contributed by atoms with Gasteiger partial charge in [-0.3, -0.25) is 14.9 Å². The van der Waals surface area contributed by atoms with E-state index in [1.54, 1.807) is 0 Å². The van der Waals surface area contributed by atoms with Crippen LogP contribution in [0.1, 0.15) is 18.9 Å². The van der Waals surface area contributed by atoms with Crippen LogP contribution in [0.5, 0.6) is 0 Å². The molecular weight excluding hydrogens is 248 g/mol. The topological polar surface area (TPSA) is 108 Å². The number of hydrogen-bond acceptors (Lipinski definition) is 5. The number of benzene rings is 1. The molecule has 100 valence electrons. The molecule has 7 heteroatoms. The minimum absolute atomic E-state index is 0.0676. The minimum atomic E-state index is -0.588. The van der Waals surface area contributed by atoms with Crippen LogP contribution in [-0.2, 0) is 4.79 Å². The molecule has 0 bridgehead atoms. The number of amides is 1.